The van der Waals surface area contributed by atoms with Crippen molar-refractivity contribution in [3.63, 3.8) is 0 Å². The number of thiocarbonyl (C=S) groups is 1. The van der Waals surface area contributed by atoms with Gasteiger partial charge in [0.15, 0.2) is 0 Å². The molecule has 8 heteroatoms. The molecule has 0 saturated carbocycles. The molecule has 0 aliphatic carbocycles. The minimum absolute atomic E-state index is 0.110. The molecule has 0 aromatic heterocycles. The van der Waals surface area contributed by atoms with Crippen molar-refractivity contribution >= 4 is 29.3 Å². The molecule has 7 nitrogen and oxygen atoms in total. The second kappa shape index (κ2) is 12.8. The Bertz CT molecular complexity index is 869. The lowest BCUT2D eigenvalue weighted by atomic mass is 10.2. The molecule has 1 atom stereocenters. The van der Waals surface area contributed by atoms with E-state index in [9.17, 15) is 9.59 Å². The van der Waals surface area contributed by atoms with Gasteiger partial charge >= 0.3 is 12.1 Å². The summed E-state index contributed by atoms with van der Waals surface area (Å²) in [7, 11) is 0. The first-order valence-electron chi connectivity index (χ1n) is 10.3. The zero-order chi connectivity index (χ0) is 23.4. The Morgan fingerprint density at radius 2 is 1.50 bits per heavy atom. The fourth-order valence-corrected chi connectivity index (χ4v) is 2.77. The van der Waals surface area contributed by atoms with Gasteiger partial charge in [0.05, 0.1) is 13.2 Å². The van der Waals surface area contributed by atoms with Crippen LogP contribution in [0.5, 0.6) is 0 Å². The van der Waals surface area contributed by atoms with E-state index in [4.69, 9.17) is 26.4 Å². The van der Waals surface area contributed by atoms with Crippen LogP contribution >= 0.6 is 12.2 Å². The summed E-state index contributed by atoms with van der Waals surface area (Å²) in [4.78, 5) is 24.6. The maximum absolute atomic E-state index is 12.2. The number of carbonyl (C=O) groups is 2. The molecule has 2 aromatic rings. The van der Waals surface area contributed by atoms with Crippen LogP contribution in [-0.4, -0.2) is 41.8 Å². The molecule has 0 heterocycles. The molecule has 0 saturated heterocycles. The predicted octanol–water partition coefficient (Wildman–Crippen LogP) is 3.76. The summed E-state index contributed by atoms with van der Waals surface area (Å²) in [6, 6.07) is 18.3. The van der Waals surface area contributed by atoms with Crippen molar-refractivity contribution in [3.05, 3.63) is 71.8 Å². The van der Waals surface area contributed by atoms with Gasteiger partial charge in [0.1, 0.15) is 29.8 Å². The Morgan fingerprint density at radius 1 is 0.938 bits per heavy atom. The van der Waals surface area contributed by atoms with Gasteiger partial charge in [-0.15, -0.1) is 0 Å². The van der Waals surface area contributed by atoms with Gasteiger partial charge in [0.25, 0.3) is 0 Å². The number of hydrogen-bond acceptors (Lipinski definition) is 6. The van der Waals surface area contributed by atoms with Crippen molar-refractivity contribution in [2.75, 3.05) is 13.2 Å². The van der Waals surface area contributed by atoms with Crippen molar-refractivity contribution < 1.29 is 23.8 Å². The molecule has 0 aliphatic heterocycles. The second-order valence-corrected chi connectivity index (χ2v) is 8.50. The summed E-state index contributed by atoms with van der Waals surface area (Å²) in [6.45, 7) is 5.82. The maximum Gasteiger partial charge on any atom is 0.408 e. The molecular formula is C24H30N2O5S. The molecule has 1 amide bonds. The lowest BCUT2D eigenvalue weighted by molar-refractivity contribution is -0.143. The number of alkyl carbamates (subject to hydrolysis) is 1. The number of rotatable bonds is 10. The van der Waals surface area contributed by atoms with Crippen LogP contribution in [0.3, 0.4) is 0 Å². The number of carbonyl (C=O) groups excluding carboxylic acids is 2. The van der Waals surface area contributed by atoms with Crippen LogP contribution in [0.25, 0.3) is 0 Å². The van der Waals surface area contributed by atoms with Crippen molar-refractivity contribution in [1.82, 2.24) is 10.6 Å². The van der Waals surface area contributed by atoms with Gasteiger partial charge in [-0.2, -0.15) is 0 Å². The Hall–Kier alpha value is -2.97. The smallest absolute Gasteiger partial charge is 0.408 e. The summed E-state index contributed by atoms with van der Waals surface area (Å²) < 4.78 is 16.3. The van der Waals surface area contributed by atoms with E-state index in [1.165, 1.54) is 0 Å². The highest BCUT2D eigenvalue weighted by Crippen LogP contribution is 2.08. The third-order valence-electron chi connectivity index (χ3n) is 4.05. The predicted molar refractivity (Wildman–Crippen MR) is 126 cm³/mol. The van der Waals surface area contributed by atoms with E-state index in [1.54, 1.807) is 20.8 Å². The molecule has 2 N–H and O–H groups in total. The first-order chi connectivity index (χ1) is 15.2. The molecule has 0 bridgehead atoms. The fourth-order valence-electron chi connectivity index (χ4n) is 2.57. The number of esters is 1. The first-order valence-corrected chi connectivity index (χ1v) is 10.7. The molecule has 32 heavy (non-hydrogen) atoms. The second-order valence-electron chi connectivity index (χ2n) is 8.06. The molecule has 172 valence electrons. The quantitative estimate of drug-likeness (QED) is 0.414. The summed E-state index contributed by atoms with van der Waals surface area (Å²) in [6.07, 6.45) is -0.624. The zero-order valence-electron chi connectivity index (χ0n) is 18.6. The molecule has 2 aromatic carbocycles. The monoisotopic (exact) mass is 458 g/mol. The molecule has 0 radical (unpaired) electrons. The van der Waals surface area contributed by atoms with Gasteiger partial charge in [0, 0.05) is 0 Å². The van der Waals surface area contributed by atoms with Crippen molar-refractivity contribution in [1.29, 1.82) is 0 Å². The van der Waals surface area contributed by atoms with Gasteiger partial charge in [-0.25, -0.2) is 4.79 Å². The summed E-state index contributed by atoms with van der Waals surface area (Å²) >= 11 is 5.39. The van der Waals surface area contributed by atoms with E-state index < -0.39 is 23.7 Å². The Kier molecular flexibility index (Phi) is 10.1. The van der Waals surface area contributed by atoms with E-state index in [0.717, 1.165) is 11.1 Å². The van der Waals surface area contributed by atoms with Gasteiger partial charge in [-0.05, 0) is 31.9 Å². The zero-order valence-corrected chi connectivity index (χ0v) is 19.4. The third kappa shape index (κ3) is 10.4. The van der Waals surface area contributed by atoms with Gasteiger partial charge in [0.2, 0.25) is 0 Å². The Morgan fingerprint density at radius 3 is 2.06 bits per heavy atom. The summed E-state index contributed by atoms with van der Waals surface area (Å²) in [5.41, 5.74) is 1.23. The van der Waals surface area contributed by atoms with Crippen LogP contribution < -0.4 is 10.6 Å². The molecule has 0 fully saturated rings. The van der Waals surface area contributed by atoms with Crippen LogP contribution in [0.2, 0.25) is 0 Å². The van der Waals surface area contributed by atoms with E-state index in [-0.39, 0.29) is 24.7 Å². The molecule has 0 spiro atoms. The molecular weight excluding hydrogens is 428 g/mol. The van der Waals surface area contributed by atoms with E-state index in [0.29, 0.717) is 6.61 Å². The van der Waals surface area contributed by atoms with E-state index in [2.05, 4.69) is 10.6 Å². The lowest BCUT2D eigenvalue weighted by Crippen LogP contribution is -2.50. The Balaban J connectivity index is 1.86. The largest absolute Gasteiger partial charge is 0.460 e. The number of ether oxygens (including phenoxy) is 3. The van der Waals surface area contributed by atoms with Crippen LogP contribution in [0.1, 0.15) is 31.9 Å². The third-order valence-corrected chi connectivity index (χ3v) is 4.48. The normalized spacial score (nSPS) is 11.8. The van der Waals surface area contributed by atoms with Crippen LogP contribution in [0.15, 0.2) is 60.7 Å². The minimum Gasteiger partial charge on any atom is -0.460 e. The fraction of sp³-hybridized carbons (Fsp3) is 0.375. The molecule has 1 unspecified atom stereocenters. The van der Waals surface area contributed by atoms with Gasteiger partial charge in [-0.1, -0.05) is 72.9 Å². The van der Waals surface area contributed by atoms with E-state index in [1.807, 2.05) is 60.7 Å². The number of nitrogens with one attached hydrogen (secondary N) is 2. The topological polar surface area (TPSA) is 85.9 Å². The van der Waals surface area contributed by atoms with E-state index >= 15 is 0 Å². The number of amides is 1. The van der Waals surface area contributed by atoms with Crippen molar-refractivity contribution in [2.45, 2.75) is 45.6 Å². The van der Waals surface area contributed by atoms with Gasteiger partial charge in [-0.3, -0.25) is 4.79 Å². The average Bonchev–Trinajstić information content (AvgIpc) is 2.75. The summed E-state index contributed by atoms with van der Waals surface area (Å²) in [5, 5.41) is 5.54. The SMILES string of the molecule is CC(C)(C)OC(=O)NC(COCc1ccccc1)C(=S)NCC(=O)OCc1ccccc1. The number of benzene rings is 2. The summed E-state index contributed by atoms with van der Waals surface area (Å²) in [5.74, 6) is -0.461. The minimum atomic E-state index is -0.675. The van der Waals surface area contributed by atoms with Crippen LogP contribution in [0, 0.1) is 0 Å². The number of hydrogen-bond donors (Lipinski definition) is 2. The van der Waals surface area contributed by atoms with Crippen LogP contribution in [0.4, 0.5) is 4.79 Å². The first kappa shape index (κ1) is 25.3. The standard InChI is InChI=1S/C24H30N2O5S/c1-24(2,3)31-23(28)26-20(17-29-15-18-10-6-4-7-11-18)22(32)25-14-21(27)30-16-19-12-8-5-9-13-19/h4-13,20H,14-17H2,1-3H3,(H,25,32)(H,26,28). The average molecular weight is 459 g/mol. The maximum atomic E-state index is 12.2. The highest BCUT2D eigenvalue weighted by molar-refractivity contribution is 7.80. The molecule has 2 rings (SSSR count). The highest BCUT2D eigenvalue weighted by atomic mass is 32.1. The molecule has 0 aliphatic rings. The van der Waals surface area contributed by atoms with Crippen LogP contribution in [-0.2, 0) is 32.2 Å². The van der Waals surface area contributed by atoms with Gasteiger partial charge < -0.3 is 24.8 Å². The van der Waals surface area contributed by atoms with Crippen molar-refractivity contribution in [3.8, 4) is 0 Å². The lowest BCUT2D eigenvalue weighted by Gasteiger charge is -2.24. The highest BCUT2D eigenvalue weighted by Gasteiger charge is 2.23. The Labute approximate surface area is 194 Å². The van der Waals surface area contributed by atoms with Crippen molar-refractivity contribution in [2.24, 2.45) is 0 Å².